The molecule has 1 N–H and O–H groups in total. The number of allylic oxidation sites excluding steroid dienone is 2. The van der Waals surface area contributed by atoms with Crippen LogP contribution in [0.25, 0.3) is 5.57 Å². The maximum Gasteiger partial charge on any atom is 0.116 e. The number of phenolic OH excluding ortho intramolecular Hbond substituents is 1. The number of aromatic hydroxyl groups is 1. The summed E-state index contributed by atoms with van der Waals surface area (Å²) in [5, 5.41) is 9.41. The van der Waals surface area contributed by atoms with E-state index in [0.29, 0.717) is 5.75 Å². The Morgan fingerprint density at radius 1 is 1.40 bits per heavy atom. The van der Waals surface area contributed by atoms with Gasteiger partial charge in [0.2, 0.25) is 0 Å². The van der Waals surface area contributed by atoms with Crippen LogP contribution in [0.3, 0.4) is 0 Å². The summed E-state index contributed by atoms with van der Waals surface area (Å²) in [5.74, 6) is 1.23. The Morgan fingerprint density at radius 2 is 2.27 bits per heavy atom. The fourth-order valence-electron chi connectivity index (χ4n) is 2.23. The molecule has 0 heterocycles. The van der Waals surface area contributed by atoms with Crippen molar-refractivity contribution < 1.29 is 5.11 Å². The van der Waals surface area contributed by atoms with Gasteiger partial charge in [0.15, 0.2) is 0 Å². The van der Waals surface area contributed by atoms with Crippen LogP contribution in [-0.4, -0.2) is 5.11 Å². The third-order valence-electron chi connectivity index (χ3n) is 3.31. The Morgan fingerprint density at radius 3 is 2.87 bits per heavy atom. The lowest BCUT2D eigenvalue weighted by molar-refractivity contribution is 0.469. The highest BCUT2D eigenvalue weighted by atomic mass is 16.3. The first kappa shape index (κ1) is 10.3. The zero-order valence-electron chi connectivity index (χ0n) is 9.24. The van der Waals surface area contributed by atoms with E-state index in [2.05, 4.69) is 19.1 Å². The fourth-order valence-corrected chi connectivity index (χ4v) is 2.23. The highest BCUT2D eigenvalue weighted by molar-refractivity contribution is 5.67. The van der Waals surface area contributed by atoms with Crippen LogP contribution in [0.15, 0.2) is 30.3 Å². The van der Waals surface area contributed by atoms with Crippen molar-refractivity contribution in [3.8, 4) is 5.75 Å². The van der Waals surface area contributed by atoms with Gasteiger partial charge in [-0.3, -0.25) is 0 Å². The van der Waals surface area contributed by atoms with E-state index >= 15 is 0 Å². The fraction of sp³-hybridized carbons (Fsp3) is 0.429. The molecule has 1 aromatic carbocycles. The average molecular weight is 202 g/mol. The SMILES string of the molecule is CCC1CC=C(c2cccc(O)c2)CC1. The van der Waals surface area contributed by atoms with Gasteiger partial charge >= 0.3 is 0 Å². The average Bonchev–Trinajstić information content (AvgIpc) is 2.29. The molecule has 0 saturated heterocycles. The van der Waals surface area contributed by atoms with E-state index < -0.39 is 0 Å². The van der Waals surface area contributed by atoms with Crippen molar-refractivity contribution in [2.24, 2.45) is 5.92 Å². The van der Waals surface area contributed by atoms with E-state index in [-0.39, 0.29) is 0 Å². The van der Waals surface area contributed by atoms with Gasteiger partial charge in [-0.15, -0.1) is 0 Å². The minimum atomic E-state index is 0.367. The summed E-state index contributed by atoms with van der Waals surface area (Å²) in [4.78, 5) is 0. The monoisotopic (exact) mass is 202 g/mol. The lowest BCUT2D eigenvalue weighted by atomic mass is 9.85. The molecule has 1 nitrogen and oxygen atoms in total. The molecule has 80 valence electrons. The molecule has 1 aliphatic carbocycles. The normalized spacial score (nSPS) is 21.1. The third-order valence-corrected chi connectivity index (χ3v) is 3.31. The Labute approximate surface area is 91.4 Å². The predicted octanol–water partition coefficient (Wildman–Crippen LogP) is 3.99. The summed E-state index contributed by atoms with van der Waals surface area (Å²) in [6.07, 6.45) is 7.26. The Bertz CT molecular complexity index is 365. The first-order valence-corrected chi connectivity index (χ1v) is 5.78. The molecule has 0 aromatic heterocycles. The Kier molecular flexibility index (Phi) is 3.10. The molecule has 0 aliphatic heterocycles. The standard InChI is InChI=1S/C14H18O/c1-2-11-6-8-12(9-7-11)13-4-3-5-14(15)10-13/h3-5,8,10-11,15H,2,6-7,9H2,1H3. The molecule has 1 heteroatoms. The van der Waals surface area contributed by atoms with Crippen LogP contribution in [0.1, 0.15) is 38.2 Å². The predicted molar refractivity (Wildman–Crippen MR) is 63.7 cm³/mol. The van der Waals surface area contributed by atoms with Crippen molar-refractivity contribution in [2.75, 3.05) is 0 Å². The highest BCUT2D eigenvalue weighted by Crippen LogP contribution is 2.32. The zero-order chi connectivity index (χ0) is 10.7. The summed E-state index contributed by atoms with van der Waals surface area (Å²) in [7, 11) is 0. The van der Waals surface area contributed by atoms with Gasteiger partial charge < -0.3 is 5.11 Å². The van der Waals surface area contributed by atoms with Crippen LogP contribution < -0.4 is 0 Å². The molecule has 0 saturated carbocycles. The summed E-state index contributed by atoms with van der Waals surface area (Å²) in [6.45, 7) is 2.26. The van der Waals surface area contributed by atoms with Crippen LogP contribution in [0.5, 0.6) is 5.75 Å². The number of hydrogen-bond acceptors (Lipinski definition) is 1. The minimum Gasteiger partial charge on any atom is -0.508 e. The second-order valence-electron chi connectivity index (χ2n) is 4.33. The van der Waals surface area contributed by atoms with E-state index in [1.54, 1.807) is 6.07 Å². The topological polar surface area (TPSA) is 20.2 Å². The molecule has 0 amide bonds. The summed E-state index contributed by atoms with van der Waals surface area (Å²) in [5.41, 5.74) is 2.58. The number of hydrogen-bond donors (Lipinski definition) is 1. The largest absolute Gasteiger partial charge is 0.508 e. The Balaban J connectivity index is 2.15. The first-order chi connectivity index (χ1) is 7.29. The van der Waals surface area contributed by atoms with Gasteiger partial charge in [0.25, 0.3) is 0 Å². The molecule has 0 spiro atoms. The maximum atomic E-state index is 9.41. The smallest absolute Gasteiger partial charge is 0.116 e. The molecule has 2 rings (SSSR count). The van der Waals surface area contributed by atoms with Crippen molar-refractivity contribution in [1.29, 1.82) is 0 Å². The molecule has 1 atom stereocenters. The van der Waals surface area contributed by atoms with Gasteiger partial charge in [0.1, 0.15) is 5.75 Å². The molecule has 1 aliphatic rings. The van der Waals surface area contributed by atoms with Crippen LogP contribution in [0.2, 0.25) is 0 Å². The third kappa shape index (κ3) is 2.41. The molecule has 0 fully saturated rings. The van der Waals surface area contributed by atoms with E-state index in [4.69, 9.17) is 0 Å². The lowest BCUT2D eigenvalue weighted by Crippen LogP contribution is -2.03. The summed E-state index contributed by atoms with van der Waals surface area (Å²) >= 11 is 0. The molecular formula is C14H18O. The van der Waals surface area contributed by atoms with E-state index in [1.165, 1.54) is 30.4 Å². The number of phenols is 1. The molecular weight excluding hydrogens is 184 g/mol. The van der Waals surface area contributed by atoms with Gasteiger partial charge in [0, 0.05) is 0 Å². The molecule has 0 bridgehead atoms. The van der Waals surface area contributed by atoms with Gasteiger partial charge in [0.05, 0.1) is 0 Å². The second kappa shape index (κ2) is 4.52. The van der Waals surface area contributed by atoms with Crippen molar-refractivity contribution >= 4 is 5.57 Å². The first-order valence-electron chi connectivity index (χ1n) is 5.78. The maximum absolute atomic E-state index is 9.41. The van der Waals surface area contributed by atoms with Crippen LogP contribution in [0.4, 0.5) is 0 Å². The second-order valence-corrected chi connectivity index (χ2v) is 4.33. The van der Waals surface area contributed by atoms with Crippen LogP contribution >= 0.6 is 0 Å². The zero-order valence-corrected chi connectivity index (χ0v) is 9.24. The molecule has 1 unspecified atom stereocenters. The highest BCUT2D eigenvalue weighted by Gasteiger charge is 2.13. The van der Waals surface area contributed by atoms with E-state index in [0.717, 1.165) is 12.3 Å². The van der Waals surface area contributed by atoms with Crippen molar-refractivity contribution in [3.63, 3.8) is 0 Å². The van der Waals surface area contributed by atoms with E-state index in [9.17, 15) is 5.11 Å². The minimum absolute atomic E-state index is 0.367. The van der Waals surface area contributed by atoms with Gasteiger partial charge in [-0.2, -0.15) is 0 Å². The van der Waals surface area contributed by atoms with Gasteiger partial charge in [-0.05, 0) is 48.4 Å². The van der Waals surface area contributed by atoms with Gasteiger partial charge in [-0.1, -0.05) is 31.6 Å². The summed E-state index contributed by atoms with van der Waals surface area (Å²) in [6, 6.07) is 7.58. The van der Waals surface area contributed by atoms with E-state index in [1.807, 2.05) is 12.1 Å². The lowest BCUT2D eigenvalue weighted by Gasteiger charge is -2.20. The molecule has 1 aromatic rings. The van der Waals surface area contributed by atoms with Crippen LogP contribution in [-0.2, 0) is 0 Å². The van der Waals surface area contributed by atoms with Crippen molar-refractivity contribution in [2.45, 2.75) is 32.6 Å². The number of benzene rings is 1. The number of rotatable bonds is 2. The summed E-state index contributed by atoms with van der Waals surface area (Å²) < 4.78 is 0. The quantitative estimate of drug-likeness (QED) is 0.769. The Hall–Kier alpha value is -1.24. The molecule has 0 radical (unpaired) electrons. The van der Waals surface area contributed by atoms with Gasteiger partial charge in [-0.25, -0.2) is 0 Å². The van der Waals surface area contributed by atoms with Crippen LogP contribution in [0, 0.1) is 5.92 Å². The van der Waals surface area contributed by atoms with Crippen molar-refractivity contribution in [1.82, 2.24) is 0 Å². The molecule has 15 heavy (non-hydrogen) atoms. The van der Waals surface area contributed by atoms with Crippen molar-refractivity contribution in [3.05, 3.63) is 35.9 Å².